The van der Waals surface area contributed by atoms with Crippen LogP contribution >= 0.6 is 12.4 Å². The van der Waals surface area contributed by atoms with Gasteiger partial charge in [0.15, 0.2) is 0 Å². The van der Waals surface area contributed by atoms with Crippen LogP contribution < -0.4 is 91.8 Å². The molecule has 148 heavy (non-hydrogen) atoms. The van der Waals surface area contributed by atoms with Gasteiger partial charge in [-0.15, -0.1) is 12.4 Å². The molecule has 0 bridgehead atoms. The van der Waals surface area contributed by atoms with E-state index in [-0.39, 0.29) is 259 Å². The molecule has 5 unspecified atom stereocenters. The molecule has 9 atom stereocenters. The number of anilines is 4. The number of piperidine rings is 2. The molecule has 8 amide bonds. The zero-order valence-corrected chi connectivity index (χ0v) is 91.2. The Hall–Kier alpha value is -8.26. The fraction of sp³-hybridized carbons (Fsp3) is 0.578. The number of allylic oxidation sites excluding steroid dienone is 3. The van der Waals surface area contributed by atoms with Gasteiger partial charge in [0.25, 0.3) is 6.47 Å². The summed E-state index contributed by atoms with van der Waals surface area (Å²) in [7, 11) is 4.45. The average molecular weight is 2210 g/mol. The summed E-state index contributed by atoms with van der Waals surface area (Å²) in [6, 6.07) is 22.4. The third-order valence-electron chi connectivity index (χ3n) is 27.8. The van der Waals surface area contributed by atoms with Gasteiger partial charge in [-0.1, -0.05) is 141 Å². The minimum absolute atomic E-state index is 0. The number of hydrogen-bond acceptors (Lipinski definition) is 20. The second-order valence-corrected chi connectivity index (χ2v) is 39.6. The molecule has 5 aromatic rings. The van der Waals surface area contributed by atoms with E-state index in [1.807, 2.05) is 46.6 Å². The second-order valence-electron chi connectivity index (χ2n) is 39.6. The summed E-state index contributed by atoms with van der Waals surface area (Å²) in [5.74, 6) is 1.03. The van der Waals surface area contributed by atoms with E-state index in [2.05, 4.69) is 25.6 Å². The monoisotopic (exact) mass is 2210 g/mol. The summed E-state index contributed by atoms with van der Waals surface area (Å²) in [5, 5.41) is 17.0. The summed E-state index contributed by atoms with van der Waals surface area (Å²) in [6.45, 7) is 7.37. The van der Waals surface area contributed by atoms with Gasteiger partial charge in [0.2, 0.25) is 41.4 Å². The number of nitrogens with zero attached hydrogens (tertiary/aromatic N) is 6. The van der Waals surface area contributed by atoms with Gasteiger partial charge < -0.3 is 97.4 Å². The van der Waals surface area contributed by atoms with Crippen molar-refractivity contribution in [1.29, 1.82) is 0 Å². The SMILES string of the molecule is C.C.C.COC(=O)Cc1cc(C(CCC2CC2)N2C=CCCC2=O)ccc1F.CO[C@@H]1C[C@H](C(=O)Nc2cc(C(CCC3CC3)N3CCCCC3=O)ccc2F)N(C(=O)OC(C)(C)C)C1.CO[C@H]1CN[C@@H](C(=O)Nc2cc(C(CCC3CC3)N3CCCCC3=O)ccc2F)C1.Cl.Nc1cc(C(CCC2CC2)N2C=CCCC2=O)ccc1F.Nc1cc(C(CCC2CC2)N2C=CCCC2=O)ccc1F.O.O.O=CO[O-].[HH].[Na+].[Na+].[OH-].[Pd]. The number of nitrogens with two attached hydrogens (primary N) is 2. The van der Waals surface area contributed by atoms with E-state index in [4.69, 9.17) is 35.7 Å². The van der Waals surface area contributed by atoms with E-state index in [9.17, 15) is 65.1 Å². The van der Waals surface area contributed by atoms with Gasteiger partial charge in [-0.3, -0.25) is 48.1 Å². The molecule has 12 aliphatic rings. The Morgan fingerprint density at radius 1 is 0.493 bits per heavy atom. The van der Waals surface area contributed by atoms with Crippen LogP contribution in [-0.4, -0.2) is 183 Å². The molecular weight excluding hydrogens is 2050 g/mol. The molecule has 12 N–H and O–H groups in total. The molecule has 30 nitrogen and oxygen atoms in total. The molecule has 9 fully saturated rings. The molecule has 0 radical (unpaired) electrons. The number of ether oxygens (including phenoxy) is 4. The van der Waals surface area contributed by atoms with E-state index in [0.29, 0.717) is 63.1 Å². The third kappa shape index (κ3) is 41.6. The number of nitrogen functional groups attached to an aromatic ring is 2. The quantitative estimate of drug-likeness (QED) is 0.00486. The number of carbonyl (C=O) groups excluding carboxylic acids is 10. The van der Waals surface area contributed by atoms with Gasteiger partial charge >= 0.3 is 71.2 Å². The maximum absolute atomic E-state index is 14.9. The van der Waals surface area contributed by atoms with Crippen LogP contribution in [0.1, 0.15) is 326 Å². The Labute approximate surface area is 936 Å². The molecule has 39 heteroatoms. The number of nitrogens with one attached hydrogen (secondary N) is 3. The number of amides is 8. The maximum atomic E-state index is 14.9. The number of carbonyl (C=O) groups is 10. The molecule has 17 rings (SSSR count). The molecule has 5 aromatic carbocycles. The summed E-state index contributed by atoms with van der Waals surface area (Å²) >= 11 is 0. The van der Waals surface area contributed by atoms with Crippen molar-refractivity contribution in [1.82, 2.24) is 34.7 Å². The smallest absolute Gasteiger partial charge is 0.870 e. The topological polar surface area (TPSA) is 440 Å². The number of rotatable bonds is 34. The standard InChI is InChI=1S/C28H40FN3O5.C23H32FN3O3.C20H24FNO3.2C17H21FN2O.CH2O3.3CH4.ClH.2Na.3H2O.Pd.H2/c1-28(2,3)37-27(35)32-17-20(36-4)16-24(32)26(34)30-22-15-19(11-12-21(22)29)23(13-10-18-8-9-18)31-14-6-5-7-25(31)33;1-30-17-13-20(25-14-17)23(29)26-19-12-16(8-9-18(19)24)21(10-7-15-5-6-15)27-11-3-2-4-22(27)28;1-25-20(24)13-16-12-15(8-9-17(16)21)18(10-7-14-5-6-14)22-11-3-2-4-19(22)23;2*18-14-8-7-13(11-15(14)19)16(9-6-12-4-5-12)20-10-2-1-3-17(20)21;2-1-4-3;;;;;;;;;;;/h11-12,15,18,20,23-24H,5-10,13-14,16-17H2,1-4H3,(H,30,34);8-9,12,15,17,20-21,25H,2-7,10-11,13-14H2,1H3,(H,26,29);3,8-9,11-12,14,18H,2,4-7,10,13H2,1H3;2*2,7-8,10-12,16H,1,3-6,9,19H2;1,3H;3*1H4;1H;;;3*1H2;;1H/q;;;;;;;;;;2*+1;;;;;/p-2/t20-,23?,24-;17-,20-,21?;;;;;;;;;;;;;;;/m11.............../s1. The average Bonchev–Trinajstić information content (AvgIpc) is 1.64. The first kappa shape index (κ1) is 136. The molecule has 0 spiro atoms. The largest absolute Gasteiger partial charge is 1.00 e. The fourth-order valence-corrected chi connectivity index (χ4v) is 19.0. The van der Waals surface area contributed by atoms with E-state index < -0.39 is 64.7 Å². The summed E-state index contributed by atoms with van der Waals surface area (Å²) in [4.78, 5) is 134. The predicted molar refractivity (Wildman–Crippen MR) is 549 cm³/mol. The van der Waals surface area contributed by atoms with Gasteiger partial charge in [0.05, 0.1) is 91.3 Å². The van der Waals surface area contributed by atoms with Gasteiger partial charge in [0, 0.05) is 113 Å². The van der Waals surface area contributed by atoms with Crippen LogP contribution in [0.3, 0.4) is 0 Å². The van der Waals surface area contributed by atoms with Crippen LogP contribution in [0.25, 0.3) is 0 Å². The van der Waals surface area contributed by atoms with Gasteiger partial charge in [-0.2, -0.15) is 0 Å². The zero-order valence-electron chi connectivity index (χ0n) is 84.8. The number of benzene rings is 5. The van der Waals surface area contributed by atoms with Crippen molar-refractivity contribution in [2.75, 3.05) is 69.6 Å². The van der Waals surface area contributed by atoms with Crippen molar-refractivity contribution in [2.24, 2.45) is 29.6 Å². The number of esters is 1. The van der Waals surface area contributed by atoms with E-state index in [0.717, 1.165) is 167 Å². The predicted octanol–water partition coefficient (Wildman–Crippen LogP) is 13.1. The normalized spacial score (nSPS) is 19.8. The molecule has 7 heterocycles. The molecule has 0 aromatic heterocycles. The Morgan fingerprint density at radius 3 is 1.16 bits per heavy atom. The first-order chi connectivity index (χ1) is 66.4. The minimum atomic E-state index is -0.850. The van der Waals surface area contributed by atoms with Crippen LogP contribution in [0, 0.1) is 58.7 Å². The number of methoxy groups -OCH3 is 3. The molecule has 4 saturated heterocycles. The van der Waals surface area contributed by atoms with Crippen LogP contribution in [0.15, 0.2) is 128 Å². The number of likely N-dealkylation sites (tertiary alicyclic amines) is 3. The van der Waals surface area contributed by atoms with Gasteiger partial charge in [0.1, 0.15) is 40.7 Å². The first-order valence-corrected chi connectivity index (χ1v) is 49.6. The van der Waals surface area contributed by atoms with Crippen molar-refractivity contribution in [2.45, 2.75) is 328 Å². The number of halogens is 6. The molecule has 7 aliphatic heterocycles. The molecule has 5 saturated carbocycles. The summed E-state index contributed by atoms with van der Waals surface area (Å²) < 4.78 is 91.1. The summed E-state index contributed by atoms with van der Waals surface area (Å²) in [5.41, 5.74) is 16.0. The molecular formula is C109H159ClF5N11Na2O19Pd. The van der Waals surface area contributed by atoms with Crippen LogP contribution in [0.5, 0.6) is 0 Å². The van der Waals surface area contributed by atoms with Crippen molar-refractivity contribution in [3.8, 4) is 0 Å². The molecule has 818 valence electrons. The second kappa shape index (κ2) is 66.6. The van der Waals surface area contributed by atoms with E-state index >= 15 is 0 Å². The van der Waals surface area contributed by atoms with Crippen molar-refractivity contribution in [3.05, 3.63) is 190 Å². The maximum Gasteiger partial charge on any atom is 1.00 e. The van der Waals surface area contributed by atoms with Crippen LogP contribution in [-0.2, 0) is 93.8 Å². The Bertz CT molecular complexity index is 5040. The number of hydrogen-bond donors (Lipinski definition) is 5. The fourth-order valence-electron chi connectivity index (χ4n) is 19.0. The summed E-state index contributed by atoms with van der Waals surface area (Å²) in [6.07, 6.45) is 42.8. The Morgan fingerprint density at radius 2 is 0.838 bits per heavy atom. The van der Waals surface area contributed by atoms with Crippen LogP contribution in [0.2, 0.25) is 0 Å². The van der Waals surface area contributed by atoms with Crippen molar-refractivity contribution < 1.29 is 196 Å². The minimum Gasteiger partial charge on any atom is -0.870 e. The third-order valence-corrected chi connectivity index (χ3v) is 27.8. The van der Waals surface area contributed by atoms with Gasteiger partial charge in [-0.25, -0.2) is 26.7 Å². The first-order valence-electron chi connectivity index (χ1n) is 49.6. The van der Waals surface area contributed by atoms with Crippen molar-refractivity contribution in [3.63, 3.8) is 0 Å². The van der Waals surface area contributed by atoms with E-state index in [1.54, 1.807) is 103 Å². The van der Waals surface area contributed by atoms with Gasteiger partial charge in [-0.05, 0) is 254 Å². The Balaban J connectivity index is 0.000000918. The van der Waals surface area contributed by atoms with Crippen molar-refractivity contribution >= 4 is 95.0 Å². The molecule has 5 aliphatic carbocycles. The van der Waals surface area contributed by atoms with E-state index in [1.165, 1.54) is 114 Å². The Kier molecular flexibility index (Phi) is 61.2. The van der Waals surface area contributed by atoms with Crippen LogP contribution in [0.4, 0.5) is 49.5 Å². The zero-order chi connectivity index (χ0) is 98.7.